The van der Waals surface area contributed by atoms with E-state index in [1.807, 2.05) is 19.1 Å². The van der Waals surface area contributed by atoms with Gasteiger partial charge >= 0.3 is 0 Å². The van der Waals surface area contributed by atoms with Gasteiger partial charge in [0.15, 0.2) is 0 Å². The minimum absolute atomic E-state index is 0.0189. The van der Waals surface area contributed by atoms with Crippen LogP contribution in [0.1, 0.15) is 34.8 Å². The largest absolute Gasteiger partial charge is 0.382 e. The first kappa shape index (κ1) is 17.5. The van der Waals surface area contributed by atoms with Crippen LogP contribution >= 0.6 is 0 Å². The summed E-state index contributed by atoms with van der Waals surface area (Å²) in [6.07, 6.45) is 1.95. The Morgan fingerprint density at radius 2 is 1.96 bits per heavy atom. The van der Waals surface area contributed by atoms with E-state index in [0.29, 0.717) is 18.7 Å². The number of amides is 1. The number of benzene rings is 2. The molecule has 2 aromatic carbocycles. The molecule has 1 heterocycles. The maximum absolute atomic E-state index is 12.1. The molecule has 1 N–H and O–H groups in total. The number of rotatable bonds is 8. The molecule has 0 aromatic heterocycles. The highest BCUT2D eigenvalue weighted by Crippen LogP contribution is 2.28. The highest BCUT2D eigenvalue weighted by Gasteiger charge is 2.18. The molecule has 1 amide bonds. The molecular weight excluding hydrogens is 312 g/mol. The number of ether oxygens (including phenoxy) is 1. The average molecular weight is 338 g/mol. The standard InChI is InChI=1S/C21H26N2O2/c1-2-25-15-5-13-22-21(24)19-10-8-17(9-11-19)16-23-14-12-18-6-3-4-7-20(18)23/h3-4,6-11H,2,5,12-16H2,1H3,(H,22,24). The van der Waals surface area contributed by atoms with Crippen LogP contribution < -0.4 is 10.2 Å². The lowest BCUT2D eigenvalue weighted by Gasteiger charge is -2.19. The predicted octanol–water partition coefficient (Wildman–Crippen LogP) is 3.41. The van der Waals surface area contributed by atoms with E-state index in [9.17, 15) is 4.79 Å². The smallest absolute Gasteiger partial charge is 0.251 e. The number of para-hydroxylation sites is 1. The lowest BCUT2D eigenvalue weighted by molar-refractivity contribution is 0.0944. The Bertz CT molecular complexity index is 697. The highest BCUT2D eigenvalue weighted by atomic mass is 16.5. The van der Waals surface area contributed by atoms with Crippen LogP contribution in [0.4, 0.5) is 5.69 Å². The molecule has 0 radical (unpaired) electrons. The zero-order valence-corrected chi connectivity index (χ0v) is 14.8. The van der Waals surface area contributed by atoms with Crippen molar-refractivity contribution in [1.82, 2.24) is 5.32 Å². The minimum Gasteiger partial charge on any atom is -0.382 e. The monoisotopic (exact) mass is 338 g/mol. The van der Waals surface area contributed by atoms with Gasteiger partial charge in [-0.3, -0.25) is 4.79 Å². The van der Waals surface area contributed by atoms with Gasteiger partial charge in [0, 0.05) is 44.1 Å². The summed E-state index contributed by atoms with van der Waals surface area (Å²) in [5.74, 6) is -0.0189. The maximum atomic E-state index is 12.1. The van der Waals surface area contributed by atoms with Crippen molar-refractivity contribution in [1.29, 1.82) is 0 Å². The number of hydrogen-bond donors (Lipinski definition) is 1. The molecule has 0 fully saturated rings. The first-order chi connectivity index (χ1) is 12.3. The summed E-state index contributed by atoms with van der Waals surface area (Å²) in [7, 11) is 0. The third-order valence-corrected chi connectivity index (χ3v) is 4.53. The third kappa shape index (κ3) is 4.60. The van der Waals surface area contributed by atoms with Gasteiger partial charge in [-0.25, -0.2) is 0 Å². The van der Waals surface area contributed by atoms with E-state index in [0.717, 1.165) is 32.5 Å². The zero-order chi connectivity index (χ0) is 17.5. The molecule has 3 rings (SSSR count). The fourth-order valence-electron chi connectivity index (χ4n) is 3.18. The van der Waals surface area contributed by atoms with Crippen LogP contribution in [0.5, 0.6) is 0 Å². The molecule has 0 atom stereocenters. The average Bonchev–Trinajstić information content (AvgIpc) is 3.05. The number of nitrogens with one attached hydrogen (secondary N) is 1. The molecule has 4 heteroatoms. The van der Waals surface area contributed by atoms with Gasteiger partial charge in [-0.1, -0.05) is 30.3 Å². The Morgan fingerprint density at radius 3 is 2.76 bits per heavy atom. The maximum Gasteiger partial charge on any atom is 0.251 e. The Labute approximate surface area is 149 Å². The van der Waals surface area contributed by atoms with Gasteiger partial charge in [0.05, 0.1) is 0 Å². The van der Waals surface area contributed by atoms with E-state index in [2.05, 4.69) is 46.6 Å². The van der Waals surface area contributed by atoms with E-state index < -0.39 is 0 Å². The van der Waals surface area contributed by atoms with Crippen LogP contribution in [-0.2, 0) is 17.7 Å². The molecular formula is C21H26N2O2. The van der Waals surface area contributed by atoms with Gasteiger partial charge in [-0.05, 0) is 49.1 Å². The van der Waals surface area contributed by atoms with Crippen molar-refractivity contribution >= 4 is 11.6 Å². The number of anilines is 1. The number of carbonyl (C=O) groups is 1. The van der Waals surface area contributed by atoms with Crippen LogP contribution in [0.25, 0.3) is 0 Å². The van der Waals surface area contributed by atoms with Crippen molar-refractivity contribution in [2.24, 2.45) is 0 Å². The van der Waals surface area contributed by atoms with Crippen molar-refractivity contribution in [3.63, 3.8) is 0 Å². The Balaban J connectivity index is 1.52. The summed E-state index contributed by atoms with van der Waals surface area (Å²) in [5.41, 5.74) is 4.69. The fourth-order valence-corrected chi connectivity index (χ4v) is 3.18. The predicted molar refractivity (Wildman–Crippen MR) is 101 cm³/mol. The van der Waals surface area contributed by atoms with Crippen LogP contribution in [0, 0.1) is 0 Å². The van der Waals surface area contributed by atoms with Gasteiger partial charge in [-0.2, -0.15) is 0 Å². The van der Waals surface area contributed by atoms with Crippen molar-refractivity contribution in [2.75, 3.05) is 31.2 Å². The molecule has 132 valence electrons. The van der Waals surface area contributed by atoms with Gasteiger partial charge in [0.25, 0.3) is 5.91 Å². The SMILES string of the molecule is CCOCCCNC(=O)c1ccc(CN2CCc3ccccc32)cc1. The van der Waals surface area contributed by atoms with Gasteiger partial charge in [0.2, 0.25) is 0 Å². The Hall–Kier alpha value is -2.33. The second kappa shape index (κ2) is 8.67. The molecule has 25 heavy (non-hydrogen) atoms. The molecule has 2 aromatic rings. The number of carbonyl (C=O) groups excluding carboxylic acids is 1. The lowest BCUT2D eigenvalue weighted by atomic mass is 10.1. The van der Waals surface area contributed by atoms with Gasteiger partial charge in [0.1, 0.15) is 0 Å². The minimum atomic E-state index is -0.0189. The van der Waals surface area contributed by atoms with Crippen molar-refractivity contribution in [2.45, 2.75) is 26.3 Å². The zero-order valence-electron chi connectivity index (χ0n) is 14.8. The Morgan fingerprint density at radius 1 is 1.16 bits per heavy atom. The van der Waals surface area contributed by atoms with E-state index in [-0.39, 0.29) is 5.91 Å². The summed E-state index contributed by atoms with van der Waals surface area (Å²) >= 11 is 0. The molecule has 0 unspecified atom stereocenters. The molecule has 0 saturated carbocycles. The first-order valence-corrected chi connectivity index (χ1v) is 9.05. The molecule has 4 nitrogen and oxygen atoms in total. The van der Waals surface area contributed by atoms with E-state index in [1.165, 1.54) is 16.8 Å². The summed E-state index contributed by atoms with van der Waals surface area (Å²) < 4.78 is 5.27. The molecule has 1 aliphatic rings. The van der Waals surface area contributed by atoms with Crippen LogP contribution in [0.3, 0.4) is 0 Å². The quantitative estimate of drug-likeness (QED) is 0.750. The summed E-state index contributed by atoms with van der Waals surface area (Å²) in [6.45, 7) is 5.96. The van der Waals surface area contributed by atoms with Crippen molar-refractivity contribution in [3.05, 3.63) is 65.2 Å². The molecule has 0 aliphatic carbocycles. The summed E-state index contributed by atoms with van der Waals surface area (Å²) in [6, 6.07) is 16.5. The number of hydrogen-bond acceptors (Lipinski definition) is 3. The van der Waals surface area contributed by atoms with E-state index in [1.54, 1.807) is 0 Å². The fraction of sp³-hybridized carbons (Fsp3) is 0.381. The van der Waals surface area contributed by atoms with Crippen LogP contribution in [0.15, 0.2) is 48.5 Å². The first-order valence-electron chi connectivity index (χ1n) is 9.05. The normalized spacial score (nSPS) is 12.9. The van der Waals surface area contributed by atoms with Crippen molar-refractivity contribution < 1.29 is 9.53 Å². The third-order valence-electron chi connectivity index (χ3n) is 4.53. The van der Waals surface area contributed by atoms with Gasteiger partial charge < -0.3 is 15.0 Å². The second-order valence-electron chi connectivity index (χ2n) is 6.30. The summed E-state index contributed by atoms with van der Waals surface area (Å²) in [5, 5.41) is 2.93. The topological polar surface area (TPSA) is 41.6 Å². The number of fused-ring (bicyclic) bond motifs is 1. The molecule has 0 bridgehead atoms. The van der Waals surface area contributed by atoms with Gasteiger partial charge in [-0.15, -0.1) is 0 Å². The number of nitrogens with zero attached hydrogens (tertiary/aromatic N) is 1. The second-order valence-corrected chi connectivity index (χ2v) is 6.30. The van der Waals surface area contributed by atoms with Crippen LogP contribution in [0.2, 0.25) is 0 Å². The lowest BCUT2D eigenvalue weighted by Crippen LogP contribution is -2.25. The molecule has 0 spiro atoms. The molecule has 1 aliphatic heterocycles. The van der Waals surface area contributed by atoms with Crippen LogP contribution in [-0.4, -0.2) is 32.2 Å². The van der Waals surface area contributed by atoms with E-state index in [4.69, 9.17) is 4.74 Å². The molecule has 0 saturated heterocycles. The highest BCUT2D eigenvalue weighted by molar-refractivity contribution is 5.94. The van der Waals surface area contributed by atoms with E-state index >= 15 is 0 Å². The Kier molecular flexibility index (Phi) is 6.07. The summed E-state index contributed by atoms with van der Waals surface area (Å²) in [4.78, 5) is 14.5. The van der Waals surface area contributed by atoms with Crippen molar-refractivity contribution in [3.8, 4) is 0 Å².